The molecule has 0 spiro atoms. The lowest BCUT2D eigenvalue weighted by molar-refractivity contribution is -0.120. The third kappa shape index (κ3) is 5.85. The molecule has 0 fully saturated rings. The summed E-state index contributed by atoms with van der Waals surface area (Å²) in [6.45, 7) is 1.58. The van der Waals surface area contributed by atoms with Gasteiger partial charge in [-0.15, -0.1) is 0 Å². The van der Waals surface area contributed by atoms with E-state index in [0.29, 0.717) is 31.6 Å². The zero-order valence-corrected chi connectivity index (χ0v) is 13.6. The summed E-state index contributed by atoms with van der Waals surface area (Å²) in [4.78, 5) is 23.8. The molecule has 4 N–H and O–H groups in total. The summed E-state index contributed by atoms with van der Waals surface area (Å²) >= 11 is 0. The molecule has 0 saturated heterocycles. The van der Waals surface area contributed by atoms with E-state index in [-0.39, 0.29) is 11.8 Å². The highest BCUT2D eigenvalue weighted by atomic mass is 16.2. The monoisotopic (exact) mass is 325 g/mol. The molecule has 0 unspecified atom stereocenters. The SMILES string of the molecule is NCCCNC(=O)c1ccc(CNC(=O)Cc2ccccc2)cc1. The van der Waals surface area contributed by atoms with Gasteiger partial charge in [-0.25, -0.2) is 0 Å². The maximum absolute atomic E-state index is 11.9. The number of carbonyl (C=O) groups is 2. The molecule has 0 aliphatic carbocycles. The standard InChI is InChI=1S/C19H23N3O2/c20-11-4-12-21-19(24)17-9-7-16(8-10-17)14-22-18(23)13-15-5-2-1-3-6-15/h1-3,5-10H,4,11-14,20H2,(H,21,24)(H,22,23). The van der Waals surface area contributed by atoms with Crippen molar-refractivity contribution in [3.63, 3.8) is 0 Å². The summed E-state index contributed by atoms with van der Waals surface area (Å²) in [6, 6.07) is 16.8. The topological polar surface area (TPSA) is 84.2 Å². The molecule has 0 aromatic heterocycles. The van der Waals surface area contributed by atoms with Crippen LogP contribution in [0.25, 0.3) is 0 Å². The summed E-state index contributed by atoms with van der Waals surface area (Å²) in [5, 5.41) is 5.69. The minimum absolute atomic E-state index is 0.0233. The first-order valence-corrected chi connectivity index (χ1v) is 8.07. The van der Waals surface area contributed by atoms with Gasteiger partial charge in [-0.1, -0.05) is 42.5 Å². The molecule has 0 saturated carbocycles. The molecule has 5 nitrogen and oxygen atoms in total. The lowest BCUT2D eigenvalue weighted by Gasteiger charge is -2.07. The van der Waals surface area contributed by atoms with Crippen molar-refractivity contribution >= 4 is 11.8 Å². The van der Waals surface area contributed by atoms with Gasteiger partial charge in [-0.3, -0.25) is 9.59 Å². The number of hydrogen-bond acceptors (Lipinski definition) is 3. The highest BCUT2D eigenvalue weighted by Gasteiger charge is 2.06. The van der Waals surface area contributed by atoms with E-state index in [1.54, 1.807) is 12.1 Å². The lowest BCUT2D eigenvalue weighted by atomic mass is 10.1. The Kier molecular flexibility index (Phi) is 6.98. The van der Waals surface area contributed by atoms with Crippen molar-refractivity contribution in [1.82, 2.24) is 10.6 Å². The Bertz CT molecular complexity index is 654. The predicted molar refractivity (Wildman–Crippen MR) is 94.4 cm³/mol. The van der Waals surface area contributed by atoms with Crippen LogP contribution in [-0.4, -0.2) is 24.9 Å². The van der Waals surface area contributed by atoms with E-state index in [1.165, 1.54) is 0 Å². The number of rotatable bonds is 8. The van der Waals surface area contributed by atoms with Gasteiger partial charge in [0.15, 0.2) is 0 Å². The predicted octanol–water partition coefficient (Wildman–Crippen LogP) is 1.62. The van der Waals surface area contributed by atoms with Crippen molar-refractivity contribution in [2.45, 2.75) is 19.4 Å². The Balaban J connectivity index is 1.79. The van der Waals surface area contributed by atoms with Gasteiger partial charge in [0.2, 0.25) is 5.91 Å². The Morgan fingerprint density at radius 1 is 0.875 bits per heavy atom. The van der Waals surface area contributed by atoms with Crippen molar-refractivity contribution in [2.24, 2.45) is 5.73 Å². The van der Waals surface area contributed by atoms with Gasteiger partial charge in [-0.05, 0) is 36.2 Å². The van der Waals surface area contributed by atoms with Crippen LogP contribution in [0.2, 0.25) is 0 Å². The Hall–Kier alpha value is -2.66. The van der Waals surface area contributed by atoms with Crippen molar-refractivity contribution < 1.29 is 9.59 Å². The zero-order valence-electron chi connectivity index (χ0n) is 13.6. The fourth-order valence-corrected chi connectivity index (χ4v) is 2.22. The molecule has 2 rings (SSSR count). The maximum atomic E-state index is 11.9. The molecular formula is C19H23N3O2. The summed E-state index contributed by atoms with van der Waals surface area (Å²) in [5.74, 6) is -0.132. The molecule has 2 aromatic carbocycles. The van der Waals surface area contributed by atoms with Crippen molar-refractivity contribution in [3.05, 3.63) is 71.3 Å². The van der Waals surface area contributed by atoms with Gasteiger partial charge in [0.25, 0.3) is 5.91 Å². The van der Waals surface area contributed by atoms with Gasteiger partial charge in [0, 0.05) is 18.7 Å². The Morgan fingerprint density at radius 3 is 2.25 bits per heavy atom. The maximum Gasteiger partial charge on any atom is 0.251 e. The second-order valence-corrected chi connectivity index (χ2v) is 5.53. The molecule has 0 atom stereocenters. The Morgan fingerprint density at radius 2 is 1.58 bits per heavy atom. The number of nitrogens with two attached hydrogens (primary N) is 1. The first-order chi connectivity index (χ1) is 11.7. The van der Waals surface area contributed by atoms with E-state index in [9.17, 15) is 9.59 Å². The molecule has 0 radical (unpaired) electrons. The van der Waals surface area contributed by atoms with Crippen LogP contribution in [0.1, 0.15) is 27.9 Å². The first kappa shape index (κ1) is 17.7. The molecule has 5 heteroatoms. The van der Waals surface area contributed by atoms with Gasteiger partial charge < -0.3 is 16.4 Å². The average molecular weight is 325 g/mol. The third-order valence-electron chi connectivity index (χ3n) is 3.58. The number of amides is 2. The summed E-state index contributed by atoms with van der Waals surface area (Å²) in [6.07, 6.45) is 1.12. The minimum atomic E-state index is -0.108. The second-order valence-electron chi connectivity index (χ2n) is 5.53. The van der Waals surface area contributed by atoms with Gasteiger partial charge in [0.05, 0.1) is 6.42 Å². The summed E-state index contributed by atoms with van der Waals surface area (Å²) < 4.78 is 0. The number of hydrogen-bond donors (Lipinski definition) is 3. The third-order valence-corrected chi connectivity index (χ3v) is 3.58. The number of nitrogens with one attached hydrogen (secondary N) is 2. The smallest absolute Gasteiger partial charge is 0.251 e. The van der Waals surface area contributed by atoms with Crippen LogP contribution in [-0.2, 0) is 17.8 Å². The van der Waals surface area contributed by atoms with Gasteiger partial charge >= 0.3 is 0 Å². The van der Waals surface area contributed by atoms with Crippen LogP contribution in [0, 0.1) is 0 Å². The van der Waals surface area contributed by atoms with Crippen LogP contribution >= 0.6 is 0 Å². The molecule has 2 aromatic rings. The van der Waals surface area contributed by atoms with Crippen LogP contribution in [0.15, 0.2) is 54.6 Å². The van der Waals surface area contributed by atoms with Crippen LogP contribution in [0.5, 0.6) is 0 Å². The normalized spacial score (nSPS) is 10.2. The van der Waals surface area contributed by atoms with Crippen molar-refractivity contribution in [2.75, 3.05) is 13.1 Å². The Labute approximate surface area is 142 Å². The van der Waals surface area contributed by atoms with E-state index in [0.717, 1.165) is 17.5 Å². The van der Waals surface area contributed by atoms with E-state index in [1.807, 2.05) is 42.5 Å². The molecule has 0 aliphatic rings. The largest absolute Gasteiger partial charge is 0.352 e. The second kappa shape index (κ2) is 9.47. The zero-order chi connectivity index (χ0) is 17.2. The molecule has 2 amide bonds. The van der Waals surface area contributed by atoms with E-state index < -0.39 is 0 Å². The first-order valence-electron chi connectivity index (χ1n) is 8.07. The summed E-state index contributed by atoms with van der Waals surface area (Å²) in [5.41, 5.74) is 7.94. The highest BCUT2D eigenvalue weighted by molar-refractivity contribution is 5.94. The molecule has 0 heterocycles. The van der Waals surface area contributed by atoms with Crippen LogP contribution < -0.4 is 16.4 Å². The molecule has 0 bridgehead atoms. The molecular weight excluding hydrogens is 302 g/mol. The van der Waals surface area contributed by atoms with E-state index >= 15 is 0 Å². The fourth-order valence-electron chi connectivity index (χ4n) is 2.22. The fraction of sp³-hybridized carbons (Fsp3) is 0.263. The van der Waals surface area contributed by atoms with Gasteiger partial charge in [0.1, 0.15) is 0 Å². The molecule has 126 valence electrons. The minimum Gasteiger partial charge on any atom is -0.352 e. The van der Waals surface area contributed by atoms with E-state index in [4.69, 9.17) is 5.73 Å². The van der Waals surface area contributed by atoms with E-state index in [2.05, 4.69) is 10.6 Å². The quantitative estimate of drug-likeness (QED) is 0.645. The van der Waals surface area contributed by atoms with Crippen LogP contribution in [0.3, 0.4) is 0 Å². The average Bonchev–Trinajstić information content (AvgIpc) is 2.61. The van der Waals surface area contributed by atoms with Crippen molar-refractivity contribution in [3.8, 4) is 0 Å². The highest BCUT2D eigenvalue weighted by Crippen LogP contribution is 2.05. The molecule has 24 heavy (non-hydrogen) atoms. The van der Waals surface area contributed by atoms with Gasteiger partial charge in [-0.2, -0.15) is 0 Å². The van der Waals surface area contributed by atoms with Crippen LogP contribution in [0.4, 0.5) is 0 Å². The molecule has 0 aliphatic heterocycles. The number of benzene rings is 2. The number of carbonyl (C=O) groups excluding carboxylic acids is 2. The van der Waals surface area contributed by atoms with Crippen molar-refractivity contribution in [1.29, 1.82) is 0 Å². The lowest BCUT2D eigenvalue weighted by Crippen LogP contribution is -2.26. The summed E-state index contributed by atoms with van der Waals surface area (Å²) in [7, 11) is 0.